The van der Waals surface area contributed by atoms with Crippen LogP contribution in [0, 0.1) is 13.8 Å². The van der Waals surface area contributed by atoms with Gasteiger partial charge in [-0.25, -0.2) is 0 Å². The molecule has 150 valence electrons. The van der Waals surface area contributed by atoms with Crippen molar-refractivity contribution in [2.75, 3.05) is 32.8 Å². The molecule has 0 N–H and O–H groups in total. The largest absolute Gasteiger partial charge is 0.484 e. The molecule has 0 aliphatic carbocycles. The number of benzene rings is 2. The number of hydrogen-bond donors (Lipinski definition) is 0. The molecule has 5 heteroatoms. The van der Waals surface area contributed by atoms with Crippen molar-refractivity contribution in [1.29, 1.82) is 0 Å². The first-order valence-electron chi connectivity index (χ1n) is 10.1. The Bertz CT molecular complexity index is 1000. The number of piperazine rings is 1. The van der Waals surface area contributed by atoms with Crippen LogP contribution in [0.2, 0.25) is 0 Å². The number of hydrogen-bond acceptors (Lipinski definition) is 4. The maximum Gasteiger partial charge on any atom is 0.260 e. The average Bonchev–Trinajstić information content (AvgIpc) is 2.75. The van der Waals surface area contributed by atoms with Gasteiger partial charge in [-0.15, -0.1) is 0 Å². The summed E-state index contributed by atoms with van der Waals surface area (Å²) in [6.45, 7) is 8.25. The van der Waals surface area contributed by atoms with Gasteiger partial charge in [0.2, 0.25) is 0 Å². The second kappa shape index (κ2) is 8.62. The maximum absolute atomic E-state index is 12.5. The van der Waals surface area contributed by atoms with E-state index in [1.54, 1.807) is 0 Å². The molecular formula is C24H27N3O2. The normalized spacial score (nSPS) is 14.9. The van der Waals surface area contributed by atoms with Crippen LogP contribution in [0.5, 0.6) is 5.75 Å². The van der Waals surface area contributed by atoms with Gasteiger partial charge in [0.25, 0.3) is 5.91 Å². The summed E-state index contributed by atoms with van der Waals surface area (Å²) in [6.07, 6.45) is 1.85. The Morgan fingerprint density at radius 3 is 2.59 bits per heavy atom. The molecule has 1 fully saturated rings. The Hall–Kier alpha value is -2.92. The minimum atomic E-state index is 0.0507. The van der Waals surface area contributed by atoms with Crippen LogP contribution in [0.4, 0.5) is 0 Å². The van der Waals surface area contributed by atoms with Crippen molar-refractivity contribution in [2.45, 2.75) is 20.4 Å². The summed E-state index contributed by atoms with van der Waals surface area (Å²) in [6, 6.07) is 16.3. The molecular weight excluding hydrogens is 362 g/mol. The average molecular weight is 389 g/mol. The number of nitrogens with zero attached hydrogens (tertiary/aromatic N) is 3. The number of ether oxygens (including phenoxy) is 1. The lowest BCUT2D eigenvalue weighted by molar-refractivity contribution is -0.135. The van der Waals surface area contributed by atoms with E-state index in [2.05, 4.69) is 48.0 Å². The third-order valence-corrected chi connectivity index (χ3v) is 5.68. The third-order valence-electron chi connectivity index (χ3n) is 5.68. The van der Waals surface area contributed by atoms with Crippen molar-refractivity contribution in [2.24, 2.45) is 0 Å². The van der Waals surface area contributed by atoms with E-state index in [0.29, 0.717) is 0 Å². The summed E-state index contributed by atoms with van der Waals surface area (Å²) in [5, 5.41) is 1.17. The summed E-state index contributed by atoms with van der Waals surface area (Å²) < 4.78 is 5.71. The van der Waals surface area contributed by atoms with E-state index in [0.717, 1.165) is 44.0 Å². The Kier molecular flexibility index (Phi) is 5.76. The number of pyridine rings is 1. The van der Waals surface area contributed by atoms with E-state index in [1.807, 2.05) is 35.4 Å². The predicted octanol–water partition coefficient (Wildman–Crippen LogP) is 3.57. The SMILES string of the molecule is Cc1ccc(OCC(=O)N2CCN(Cc3cccc4cccnc34)CC2)cc1C. The zero-order valence-corrected chi connectivity index (χ0v) is 17.1. The van der Waals surface area contributed by atoms with Gasteiger partial charge in [-0.2, -0.15) is 0 Å². The Morgan fingerprint density at radius 1 is 1.00 bits per heavy atom. The summed E-state index contributed by atoms with van der Waals surface area (Å²) in [4.78, 5) is 21.4. The molecule has 4 rings (SSSR count). The lowest BCUT2D eigenvalue weighted by atomic mass is 10.1. The van der Waals surface area contributed by atoms with Gasteiger partial charge in [-0.1, -0.05) is 30.3 Å². The van der Waals surface area contributed by atoms with E-state index in [-0.39, 0.29) is 12.5 Å². The molecule has 0 atom stereocenters. The molecule has 3 aromatic rings. The summed E-state index contributed by atoms with van der Waals surface area (Å²) in [7, 11) is 0. The number of amides is 1. The summed E-state index contributed by atoms with van der Waals surface area (Å²) in [5.41, 5.74) is 4.70. The van der Waals surface area contributed by atoms with Crippen LogP contribution in [0.25, 0.3) is 10.9 Å². The van der Waals surface area contributed by atoms with E-state index < -0.39 is 0 Å². The van der Waals surface area contributed by atoms with Gasteiger partial charge < -0.3 is 9.64 Å². The molecule has 0 spiro atoms. The van der Waals surface area contributed by atoms with Gasteiger partial charge in [0.05, 0.1) is 5.52 Å². The van der Waals surface area contributed by atoms with E-state index in [9.17, 15) is 4.79 Å². The molecule has 0 radical (unpaired) electrons. The zero-order valence-electron chi connectivity index (χ0n) is 17.1. The minimum absolute atomic E-state index is 0.0507. The molecule has 1 amide bonds. The molecule has 1 aromatic heterocycles. The quantitative estimate of drug-likeness (QED) is 0.669. The molecule has 1 aliphatic heterocycles. The number of aromatic nitrogens is 1. The summed E-state index contributed by atoms with van der Waals surface area (Å²) in [5.74, 6) is 0.804. The van der Waals surface area contributed by atoms with Crippen LogP contribution in [-0.4, -0.2) is 53.5 Å². The molecule has 2 heterocycles. The number of para-hydroxylation sites is 1. The van der Waals surface area contributed by atoms with Crippen LogP contribution < -0.4 is 4.74 Å². The van der Waals surface area contributed by atoms with E-state index >= 15 is 0 Å². The first kappa shape index (κ1) is 19.4. The number of carbonyl (C=O) groups excluding carboxylic acids is 1. The Labute approximate surface area is 171 Å². The number of carbonyl (C=O) groups is 1. The van der Waals surface area contributed by atoms with Crippen LogP contribution >= 0.6 is 0 Å². The van der Waals surface area contributed by atoms with Crippen LogP contribution in [-0.2, 0) is 11.3 Å². The molecule has 5 nitrogen and oxygen atoms in total. The lowest BCUT2D eigenvalue weighted by Gasteiger charge is -2.34. The number of rotatable bonds is 5. The van der Waals surface area contributed by atoms with Gasteiger partial charge in [0.1, 0.15) is 5.75 Å². The van der Waals surface area contributed by atoms with Crippen LogP contribution in [0.1, 0.15) is 16.7 Å². The Balaban J connectivity index is 1.29. The third kappa shape index (κ3) is 4.57. The first-order chi connectivity index (χ1) is 14.1. The van der Waals surface area contributed by atoms with Crippen molar-refractivity contribution in [3.63, 3.8) is 0 Å². The highest BCUT2D eigenvalue weighted by Crippen LogP contribution is 2.19. The van der Waals surface area contributed by atoms with Crippen LogP contribution in [0.3, 0.4) is 0 Å². The van der Waals surface area contributed by atoms with E-state index in [1.165, 1.54) is 22.1 Å². The second-order valence-electron chi connectivity index (χ2n) is 7.68. The maximum atomic E-state index is 12.5. The minimum Gasteiger partial charge on any atom is -0.484 e. The molecule has 0 unspecified atom stereocenters. The van der Waals surface area contributed by atoms with Crippen molar-refractivity contribution in [3.8, 4) is 5.75 Å². The molecule has 1 saturated heterocycles. The van der Waals surface area contributed by atoms with Gasteiger partial charge in [0.15, 0.2) is 6.61 Å². The van der Waals surface area contributed by atoms with Crippen molar-refractivity contribution >= 4 is 16.8 Å². The molecule has 0 saturated carbocycles. The van der Waals surface area contributed by atoms with E-state index in [4.69, 9.17) is 4.74 Å². The fraction of sp³-hybridized carbons (Fsp3) is 0.333. The predicted molar refractivity (Wildman–Crippen MR) is 115 cm³/mol. The standard InChI is InChI=1S/C24H27N3O2/c1-18-8-9-22(15-19(18)2)29-17-23(28)27-13-11-26(12-14-27)16-21-6-3-5-20-7-4-10-25-24(20)21/h3-10,15H,11-14,16-17H2,1-2H3. The fourth-order valence-corrected chi connectivity index (χ4v) is 3.73. The van der Waals surface area contributed by atoms with Gasteiger partial charge in [-0.05, 0) is 48.7 Å². The van der Waals surface area contributed by atoms with Gasteiger partial charge >= 0.3 is 0 Å². The highest BCUT2D eigenvalue weighted by Gasteiger charge is 2.22. The fourth-order valence-electron chi connectivity index (χ4n) is 3.73. The highest BCUT2D eigenvalue weighted by atomic mass is 16.5. The zero-order chi connectivity index (χ0) is 20.2. The monoisotopic (exact) mass is 389 g/mol. The first-order valence-corrected chi connectivity index (χ1v) is 10.1. The topological polar surface area (TPSA) is 45.7 Å². The smallest absolute Gasteiger partial charge is 0.260 e. The number of fused-ring (bicyclic) bond motifs is 1. The highest BCUT2D eigenvalue weighted by molar-refractivity contribution is 5.81. The van der Waals surface area contributed by atoms with Gasteiger partial charge in [0, 0.05) is 44.3 Å². The molecule has 1 aliphatic rings. The number of aryl methyl sites for hydroxylation is 2. The molecule has 0 bridgehead atoms. The van der Waals surface area contributed by atoms with Crippen molar-refractivity contribution < 1.29 is 9.53 Å². The van der Waals surface area contributed by atoms with Gasteiger partial charge in [-0.3, -0.25) is 14.7 Å². The van der Waals surface area contributed by atoms with Crippen molar-refractivity contribution in [1.82, 2.24) is 14.8 Å². The summed E-state index contributed by atoms with van der Waals surface area (Å²) >= 11 is 0. The Morgan fingerprint density at radius 2 is 1.79 bits per heavy atom. The molecule has 29 heavy (non-hydrogen) atoms. The molecule has 2 aromatic carbocycles. The lowest BCUT2D eigenvalue weighted by Crippen LogP contribution is -2.49. The van der Waals surface area contributed by atoms with Crippen molar-refractivity contribution in [3.05, 3.63) is 71.4 Å². The van der Waals surface area contributed by atoms with Crippen LogP contribution in [0.15, 0.2) is 54.7 Å². The second-order valence-corrected chi connectivity index (χ2v) is 7.68.